The SMILES string of the molecule is COC(=O)CCC(NC(=O)CNCC1CC1)c1ccccc1. The van der Waals surface area contributed by atoms with E-state index in [1.807, 2.05) is 30.3 Å². The van der Waals surface area contributed by atoms with E-state index in [0.717, 1.165) is 18.0 Å². The molecule has 120 valence electrons. The molecule has 0 aliphatic heterocycles. The zero-order valence-corrected chi connectivity index (χ0v) is 13.0. The molecule has 1 unspecified atom stereocenters. The van der Waals surface area contributed by atoms with Crippen LogP contribution in [0.3, 0.4) is 0 Å². The van der Waals surface area contributed by atoms with Crippen molar-refractivity contribution in [2.24, 2.45) is 5.92 Å². The van der Waals surface area contributed by atoms with Gasteiger partial charge in [0.2, 0.25) is 5.91 Å². The zero-order valence-electron chi connectivity index (χ0n) is 13.0. The van der Waals surface area contributed by atoms with Gasteiger partial charge in [0.15, 0.2) is 0 Å². The predicted molar refractivity (Wildman–Crippen MR) is 84.2 cm³/mol. The van der Waals surface area contributed by atoms with Crippen LogP contribution in [0.5, 0.6) is 0 Å². The topological polar surface area (TPSA) is 67.4 Å². The first kappa shape index (κ1) is 16.5. The van der Waals surface area contributed by atoms with Crippen LogP contribution in [-0.4, -0.2) is 32.1 Å². The smallest absolute Gasteiger partial charge is 0.305 e. The van der Waals surface area contributed by atoms with Crippen LogP contribution < -0.4 is 10.6 Å². The van der Waals surface area contributed by atoms with Gasteiger partial charge in [-0.3, -0.25) is 9.59 Å². The van der Waals surface area contributed by atoms with Gasteiger partial charge in [0.05, 0.1) is 19.7 Å². The number of rotatable bonds is 9. The number of esters is 1. The Balaban J connectivity index is 1.85. The van der Waals surface area contributed by atoms with Crippen LogP contribution in [0.4, 0.5) is 0 Å². The summed E-state index contributed by atoms with van der Waals surface area (Å²) in [6.07, 6.45) is 3.34. The Morgan fingerprint density at radius 2 is 2.00 bits per heavy atom. The highest BCUT2D eigenvalue weighted by molar-refractivity contribution is 5.78. The number of hydrogen-bond donors (Lipinski definition) is 2. The van der Waals surface area contributed by atoms with Gasteiger partial charge in [0.1, 0.15) is 0 Å². The molecule has 2 N–H and O–H groups in total. The zero-order chi connectivity index (χ0) is 15.8. The fraction of sp³-hybridized carbons (Fsp3) is 0.529. The Bertz CT molecular complexity index is 486. The Labute approximate surface area is 131 Å². The van der Waals surface area contributed by atoms with Gasteiger partial charge in [-0.25, -0.2) is 0 Å². The van der Waals surface area contributed by atoms with Crippen molar-refractivity contribution in [1.82, 2.24) is 10.6 Å². The molecule has 1 amide bonds. The molecule has 1 fully saturated rings. The molecule has 1 saturated carbocycles. The molecule has 0 saturated heterocycles. The van der Waals surface area contributed by atoms with Gasteiger partial charge in [-0.05, 0) is 37.3 Å². The number of hydrogen-bond acceptors (Lipinski definition) is 4. The van der Waals surface area contributed by atoms with E-state index < -0.39 is 0 Å². The van der Waals surface area contributed by atoms with E-state index in [1.165, 1.54) is 20.0 Å². The van der Waals surface area contributed by atoms with Crippen molar-refractivity contribution < 1.29 is 14.3 Å². The number of benzene rings is 1. The summed E-state index contributed by atoms with van der Waals surface area (Å²) in [5.41, 5.74) is 1.00. The molecule has 0 bridgehead atoms. The number of methoxy groups -OCH3 is 1. The van der Waals surface area contributed by atoms with Gasteiger partial charge < -0.3 is 15.4 Å². The second-order valence-electron chi connectivity index (χ2n) is 5.72. The number of carbonyl (C=O) groups excluding carboxylic acids is 2. The molecule has 1 atom stereocenters. The largest absolute Gasteiger partial charge is 0.469 e. The maximum atomic E-state index is 12.1. The van der Waals surface area contributed by atoms with Crippen LogP contribution in [-0.2, 0) is 14.3 Å². The molecule has 22 heavy (non-hydrogen) atoms. The average Bonchev–Trinajstić information content (AvgIpc) is 3.36. The maximum Gasteiger partial charge on any atom is 0.305 e. The number of ether oxygens (including phenoxy) is 1. The third kappa shape index (κ3) is 5.85. The second kappa shape index (κ2) is 8.54. The van der Waals surface area contributed by atoms with Crippen LogP contribution in [0, 0.1) is 5.92 Å². The highest BCUT2D eigenvalue weighted by atomic mass is 16.5. The Morgan fingerprint density at radius 3 is 2.64 bits per heavy atom. The fourth-order valence-electron chi connectivity index (χ4n) is 2.33. The van der Waals surface area contributed by atoms with E-state index in [1.54, 1.807) is 0 Å². The van der Waals surface area contributed by atoms with Gasteiger partial charge in [0, 0.05) is 6.42 Å². The minimum atomic E-state index is -0.262. The lowest BCUT2D eigenvalue weighted by molar-refractivity contribution is -0.141. The monoisotopic (exact) mass is 304 g/mol. The Morgan fingerprint density at radius 1 is 1.27 bits per heavy atom. The van der Waals surface area contributed by atoms with Crippen LogP contribution in [0.25, 0.3) is 0 Å². The molecule has 5 heteroatoms. The number of nitrogens with one attached hydrogen (secondary N) is 2. The van der Waals surface area contributed by atoms with Gasteiger partial charge in [-0.1, -0.05) is 30.3 Å². The van der Waals surface area contributed by atoms with Crippen molar-refractivity contribution in [3.8, 4) is 0 Å². The molecule has 1 aromatic carbocycles. The standard InChI is InChI=1S/C17H24N2O3/c1-22-17(21)10-9-15(14-5-3-2-4-6-14)19-16(20)12-18-11-13-7-8-13/h2-6,13,15,18H,7-12H2,1H3,(H,19,20). The molecule has 2 rings (SSSR count). The van der Waals surface area contributed by atoms with Crippen molar-refractivity contribution in [3.05, 3.63) is 35.9 Å². The normalized spacial score (nSPS) is 15.1. The molecule has 0 spiro atoms. The van der Waals surface area contributed by atoms with Gasteiger partial charge in [-0.2, -0.15) is 0 Å². The highest BCUT2D eigenvalue weighted by Crippen LogP contribution is 2.27. The summed E-state index contributed by atoms with van der Waals surface area (Å²) < 4.78 is 4.68. The van der Waals surface area contributed by atoms with Crippen LogP contribution in [0.2, 0.25) is 0 Å². The average molecular weight is 304 g/mol. The summed E-state index contributed by atoms with van der Waals surface area (Å²) in [7, 11) is 1.38. The number of amides is 1. The Hall–Kier alpha value is -1.88. The van der Waals surface area contributed by atoms with Gasteiger partial charge >= 0.3 is 5.97 Å². The van der Waals surface area contributed by atoms with Crippen LogP contribution in [0.1, 0.15) is 37.3 Å². The summed E-state index contributed by atoms with van der Waals surface area (Å²) in [6.45, 7) is 1.23. The van der Waals surface area contributed by atoms with Crippen molar-refractivity contribution in [3.63, 3.8) is 0 Å². The molecule has 0 aromatic heterocycles. The van der Waals surface area contributed by atoms with Crippen LogP contribution >= 0.6 is 0 Å². The molecule has 0 radical (unpaired) electrons. The lowest BCUT2D eigenvalue weighted by Crippen LogP contribution is -2.37. The van der Waals surface area contributed by atoms with Crippen LogP contribution in [0.15, 0.2) is 30.3 Å². The minimum Gasteiger partial charge on any atom is -0.469 e. The highest BCUT2D eigenvalue weighted by Gasteiger charge is 2.21. The summed E-state index contributed by atoms with van der Waals surface area (Å²) in [5, 5.41) is 6.17. The molecule has 1 aliphatic carbocycles. The molecule has 1 aromatic rings. The van der Waals surface area contributed by atoms with Crippen molar-refractivity contribution in [2.75, 3.05) is 20.2 Å². The van der Waals surface area contributed by atoms with E-state index in [-0.39, 0.29) is 24.3 Å². The van der Waals surface area contributed by atoms with E-state index in [4.69, 9.17) is 0 Å². The minimum absolute atomic E-state index is 0.0423. The first-order chi connectivity index (χ1) is 10.7. The summed E-state index contributed by atoms with van der Waals surface area (Å²) in [4.78, 5) is 23.4. The van der Waals surface area contributed by atoms with E-state index in [9.17, 15) is 9.59 Å². The first-order valence-corrected chi connectivity index (χ1v) is 7.81. The fourth-order valence-corrected chi connectivity index (χ4v) is 2.33. The van der Waals surface area contributed by atoms with Crippen molar-refractivity contribution in [1.29, 1.82) is 0 Å². The molecular formula is C17H24N2O3. The maximum absolute atomic E-state index is 12.1. The van der Waals surface area contributed by atoms with E-state index >= 15 is 0 Å². The summed E-state index contributed by atoms with van der Waals surface area (Å²) >= 11 is 0. The second-order valence-corrected chi connectivity index (χ2v) is 5.72. The van der Waals surface area contributed by atoms with E-state index in [0.29, 0.717) is 13.0 Å². The third-order valence-electron chi connectivity index (χ3n) is 3.82. The summed E-state index contributed by atoms with van der Waals surface area (Å²) in [6, 6.07) is 9.53. The molecule has 5 nitrogen and oxygen atoms in total. The number of carbonyl (C=O) groups is 2. The quantitative estimate of drug-likeness (QED) is 0.683. The van der Waals surface area contributed by atoms with Gasteiger partial charge in [-0.15, -0.1) is 0 Å². The van der Waals surface area contributed by atoms with E-state index in [2.05, 4.69) is 15.4 Å². The molecule has 0 heterocycles. The summed E-state index contributed by atoms with van der Waals surface area (Å²) in [5.74, 6) is 0.443. The lowest BCUT2D eigenvalue weighted by Gasteiger charge is -2.19. The first-order valence-electron chi connectivity index (χ1n) is 7.81. The van der Waals surface area contributed by atoms with Crippen molar-refractivity contribution >= 4 is 11.9 Å². The Kier molecular flexibility index (Phi) is 6.40. The molecule has 1 aliphatic rings. The van der Waals surface area contributed by atoms with Gasteiger partial charge in [0.25, 0.3) is 0 Å². The predicted octanol–water partition coefficient (Wildman–Crippen LogP) is 1.80. The molecular weight excluding hydrogens is 280 g/mol. The third-order valence-corrected chi connectivity index (χ3v) is 3.82. The lowest BCUT2D eigenvalue weighted by atomic mass is 10.0. The van der Waals surface area contributed by atoms with Crippen molar-refractivity contribution in [2.45, 2.75) is 31.7 Å².